The first kappa shape index (κ1) is 15.6. The summed E-state index contributed by atoms with van der Waals surface area (Å²) in [6, 6.07) is 0. The largest absolute Gasteiger partial charge is 0.454 e. The Balaban J connectivity index is 2.29. The van der Waals surface area contributed by atoms with Crippen LogP contribution in [0.5, 0.6) is 0 Å². The maximum atomic E-state index is 11.8. The number of Topliss-reactive ketones (excluding diaryl/α,β-unsaturated/α-hetero) is 2. The summed E-state index contributed by atoms with van der Waals surface area (Å²) in [6.07, 6.45) is -0.309. The van der Waals surface area contributed by atoms with Gasteiger partial charge in [-0.25, -0.2) is 4.79 Å². The Morgan fingerprint density at radius 1 is 1.43 bits per heavy atom. The second-order valence-corrected chi connectivity index (χ2v) is 5.84. The van der Waals surface area contributed by atoms with Gasteiger partial charge in [0.1, 0.15) is 17.7 Å². The van der Waals surface area contributed by atoms with Gasteiger partial charge in [-0.2, -0.15) is 0 Å². The van der Waals surface area contributed by atoms with Crippen LogP contribution < -0.4 is 0 Å². The highest BCUT2D eigenvalue weighted by molar-refractivity contribution is 5.92. The van der Waals surface area contributed by atoms with Gasteiger partial charge in [0.05, 0.1) is 6.10 Å². The minimum atomic E-state index is -0.817. The molecule has 1 N–H and O–H groups in total. The average molecular weight is 292 g/mol. The molecule has 2 rings (SSSR count). The Morgan fingerprint density at radius 3 is 2.71 bits per heavy atom. The Bertz CT molecular complexity index is 543. The molecule has 0 spiro atoms. The van der Waals surface area contributed by atoms with Crippen molar-refractivity contribution in [2.24, 2.45) is 5.92 Å². The third kappa shape index (κ3) is 3.13. The lowest BCUT2D eigenvalue weighted by Gasteiger charge is -2.28. The lowest BCUT2D eigenvalue weighted by molar-refractivity contribution is -0.138. The summed E-state index contributed by atoms with van der Waals surface area (Å²) in [5.74, 6) is -0.820. The van der Waals surface area contributed by atoms with Crippen molar-refractivity contribution in [3.63, 3.8) is 0 Å². The maximum absolute atomic E-state index is 11.8. The smallest absolute Gasteiger partial charge is 0.334 e. The number of carbonyl (C=O) groups is 3. The van der Waals surface area contributed by atoms with Crippen LogP contribution in [0.3, 0.4) is 0 Å². The van der Waals surface area contributed by atoms with E-state index in [1.54, 1.807) is 6.92 Å². The zero-order valence-electron chi connectivity index (χ0n) is 12.3. The van der Waals surface area contributed by atoms with E-state index in [9.17, 15) is 19.5 Å². The number of esters is 1. The molecule has 0 aromatic rings. The number of aliphatic hydroxyl groups is 1. The van der Waals surface area contributed by atoms with Gasteiger partial charge in [0.15, 0.2) is 0 Å². The minimum absolute atomic E-state index is 0.0337. The molecule has 5 nitrogen and oxygen atoms in total. The Hall–Kier alpha value is -1.75. The molecule has 2 aliphatic rings. The van der Waals surface area contributed by atoms with Gasteiger partial charge in [0.2, 0.25) is 0 Å². The molecule has 5 heteroatoms. The van der Waals surface area contributed by atoms with E-state index in [2.05, 4.69) is 6.58 Å². The van der Waals surface area contributed by atoms with Crippen LogP contribution in [-0.4, -0.2) is 34.9 Å². The number of ketones is 2. The van der Waals surface area contributed by atoms with E-state index in [1.165, 1.54) is 6.92 Å². The highest BCUT2D eigenvalue weighted by Gasteiger charge is 2.43. The highest BCUT2D eigenvalue weighted by Crippen LogP contribution is 2.39. The molecule has 114 valence electrons. The first-order valence-electron chi connectivity index (χ1n) is 7.09. The topological polar surface area (TPSA) is 80.7 Å². The summed E-state index contributed by atoms with van der Waals surface area (Å²) in [6.45, 7) is 6.99. The van der Waals surface area contributed by atoms with Crippen molar-refractivity contribution >= 4 is 17.5 Å². The molecule has 0 aromatic heterocycles. The summed E-state index contributed by atoms with van der Waals surface area (Å²) in [7, 11) is 0. The SMILES string of the molecule is C=C1C(=O)O[C@H](C2=C(C)[C@@H](O)CC(=O)C2)[C@H]1CCC(C)=O. The predicted molar refractivity (Wildman–Crippen MR) is 75.4 cm³/mol. The van der Waals surface area contributed by atoms with Crippen LogP contribution in [0, 0.1) is 5.92 Å². The molecule has 1 fully saturated rings. The van der Waals surface area contributed by atoms with E-state index >= 15 is 0 Å². The molecule has 21 heavy (non-hydrogen) atoms. The van der Waals surface area contributed by atoms with Crippen molar-refractivity contribution in [1.82, 2.24) is 0 Å². The van der Waals surface area contributed by atoms with Gasteiger partial charge in [-0.15, -0.1) is 0 Å². The summed E-state index contributed by atoms with van der Waals surface area (Å²) in [5, 5.41) is 9.92. The van der Waals surface area contributed by atoms with Crippen LogP contribution in [0.1, 0.15) is 39.5 Å². The molecule has 0 unspecified atom stereocenters. The van der Waals surface area contributed by atoms with Crippen molar-refractivity contribution in [2.45, 2.75) is 51.7 Å². The Kier molecular flexibility index (Phi) is 4.42. The van der Waals surface area contributed by atoms with Crippen LogP contribution in [0.15, 0.2) is 23.3 Å². The molecule has 0 radical (unpaired) electrons. The molecule has 0 saturated carbocycles. The van der Waals surface area contributed by atoms with Crippen LogP contribution in [0.25, 0.3) is 0 Å². The van der Waals surface area contributed by atoms with Gasteiger partial charge >= 0.3 is 5.97 Å². The van der Waals surface area contributed by atoms with Crippen molar-refractivity contribution < 1.29 is 24.2 Å². The fraction of sp³-hybridized carbons (Fsp3) is 0.562. The van der Waals surface area contributed by atoms with Crippen molar-refractivity contribution in [3.05, 3.63) is 23.3 Å². The second kappa shape index (κ2) is 5.93. The molecule has 1 aliphatic heterocycles. The monoisotopic (exact) mass is 292 g/mol. The van der Waals surface area contributed by atoms with Gasteiger partial charge in [0.25, 0.3) is 0 Å². The predicted octanol–water partition coefficient (Wildman–Crippen LogP) is 1.49. The molecular formula is C16H20O5. The van der Waals surface area contributed by atoms with E-state index in [0.29, 0.717) is 29.6 Å². The first-order chi connectivity index (χ1) is 9.81. The summed E-state index contributed by atoms with van der Waals surface area (Å²) in [4.78, 5) is 34.7. The van der Waals surface area contributed by atoms with Gasteiger partial charge in [0, 0.05) is 30.8 Å². The molecule has 0 aromatic carbocycles. The molecule has 0 bridgehead atoms. The van der Waals surface area contributed by atoms with E-state index in [0.717, 1.165) is 0 Å². The lowest BCUT2D eigenvalue weighted by atomic mass is 9.80. The highest BCUT2D eigenvalue weighted by atomic mass is 16.6. The molecule has 1 heterocycles. The summed E-state index contributed by atoms with van der Waals surface area (Å²) < 4.78 is 5.35. The third-order valence-corrected chi connectivity index (χ3v) is 4.28. The van der Waals surface area contributed by atoms with Gasteiger partial charge < -0.3 is 14.6 Å². The normalized spacial score (nSPS) is 29.9. The zero-order valence-corrected chi connectivity index (χ0v) is 12.3. The van der Waals surface area contributed by atoms with E-state index in [-0.39, 0.29) is 30.3 Å². The fourth-order valence-electron chi connectivity index (χ4n) is 2.94. The second-order valence-electron chi connectivity index (χ2n) is 5.84. The van der Waals surface area contributed by atoms with Crippen LogP contribution >= 0.6 is 0 Å². The van der Waals surface area contributed by atoms with Crippen LogP contribution in [0.2, 0.25) is 0 Å². The zero-order chi connectivity index (χ0) is 15.7. The number of hydrogen-bond donors (Lipinski definition) is 1. The maximum Gasteiger partial charge on any atom is 0.334 e. The Labute approximate surface area is 123 Å². The molecule has 0 amide bonds. The first-order valence-corrected chi connectivity index (χ1v) is 7.09. The van der Waals surface area contributed by atoms with Crippen molar-refractivity contribution in [1.29, 1.82) is 0 Å². The lowest BCUT2D eigenvalue weighted by Crippen LogP contribution is -2.30. The number of hydrogen-bond acceptors (Lipinski definition) is 5. The summed E-state index contributed by atoms with van der Waals surface area (Å²) >= 11 is 0. The number of rotatable bonds is 4. The number of cyclic esters (lactones) is 1. The van der Waals surface area contributed by atoms with Crippen LogP contribution in [-0.2, 0) is 19.1 Å². The quantitative estimate of drug-likeness (QED) is 0.482. The van der Waals surface area contributed by atoms with Gasteiger partial charge in [-0.05, 0) is 31.4 Å². The molecule has 1 saturated heterocycles. The molecule has 3 atom stereocenters. The standard InChI is InChI=1S/C16H20O5/c1-8(17)4-5-12-10(3)16(20)21-15(12)13-6-11(18)7-14(19)9(13)2/h12,14-15,19H,3-7H2,1-2H3/t12-,14-,15-/m0/s1. The number of carbonyl (C=O) groups excluding carboxylic acids is 3. The van der Waals surface area contributed by atoms with Gasteiger partial charge in [-0.3, -0.25) is 4.79 Å². The molecule has 1 aliphatic carbocycles. The number of ether oxygens (including phenoxy) is 1. The van der Waals surface area contributed by atoms with E-state index in [4.69, 9.17) is 4.74 Å². The summed E-state index contributed by atoms with van der Waals surface area (Å²) in [5.41, 5.74) is 1.70. The number of aliphatic hydroxyl groups excluding tert-OH is 1. The molecular weight excluding hydrogens is 272 g/mol. The fourth-order valence-corrected chi connectivity index (χ4v) is 2.94. The average Bonchev–Trinajstić information content (AvgIpc) is 2.67. The third-order valence-electron chi connectivity index (χ3n) is 4.28. The van der Waals surface area contributed by atoms with E-state index < -0.39 is 18.2 Å². The van der Waals surface area contributed by atoms with Crippen LogP contribution in [0.4, 0.5) is 0 Å². The van der Waals surface area contributed by atoms with E-state index in [1.807, 2.05) is 0 Å². The Morgan fingerprint density at radius 2 is 2.10 bits per heavy atom. The minimum Gasteiger partial charge on any atom is -0.454 e. The van der Waals surface area contributed by atoms with Crippen molar-refractivity contribution in [2.75, 3.05) is 0 Å². The van der Waals surface area contributed by atoms with Crippen molar-refractivity contribution in [3.8, 4) is 0 Å². The van der Waals surface area contributed by atoms with Gasteiger partial charge in [-0.1, -0.05) is 6.58 Å².